The first-order valence-electron chi connectivity index (χ1n) is 5.79. The van der Waals surface area contributed by atoms with E-state index in [4.69, 9.17) is 15.3 Å². The van der Waals surface area contributed by atoms with Crippen LogP contribution in [-0.2, 0) is 0 Å². The van der Waals surface area contributed by atoms with Crippen LogP contribution in [0.5, 0.6) is 0 Å². The molecule has 0 radical (unpaired) electrons. The highest BCUT2D eigenvalue weighted by Gasteiger charge is 2.16. The maximum atomic E-state index is 11.1. The number of oxazole rings is 1. The molecule has 2 aromatic rings. The Hall–Kier alpha value is -2.50. The fourth-order valence-corrected chi connectivity index (χ4v) is 1.74. The average molecular weight is 261 g/mol. The van der Waals surface area contributed by atoms with Crippen LogP contribution < -0.4 is 11.1 Å². The molecule has 0 aliphatic rings. The average Bonchev–Trinajstić information content (AvgIpc) is 2.75. The van der Waals surface area contributed by atoms with Crippen molar-refractivity contribution in [3.8, 4) is 0 Å². The molecule has 0 saturated carbocycles. The van der Waals surface area contributed by atoms with Gasteiger partial charge >= 0.3 is 5.97 Å². The summed E-state index contributed by atoms with van der Waals surface area (Å²) in [7, 11) is 0. The highest BCUT2D eigenvalue weighted by molar-refractivity contribution is 5.95. The van der Waals surface area contributed by atoms with Gasteiger partial charge in [-0.05, 0) is 32.0 Å². The number of carboxylic acids is 1. The van der Waals surface area contributed by atoms with Crippen LogP contribution in [-0.4, -0.2) is 16.1 Å². The number of hydrogen-bond donors (Lipinski definition) is 3. The van der Waals surface area contributed by atoms with Crippen LogP contribution in [0, 0.1) is 6.92 Å². The van der Waals surface area contributed by atoms with E-state index in [9.17, 15) is 4.79 Å². The minimum Gasteiger partial charge on any atom is -0.478 e. The lowest BCUT2D eigenvalue weighted by Crippen LogP contribution is -2.11. The van der Waals surface area contributed by atoms with Crippen molar-refractivity contribution in [2.75, 3.05) is 11.1 Å². The molecule has 0 spiro atoms. The van der Waals surface area contributed by atoms with E-state index >= 15 is 0 Å². The second-order valence-electron chi connectivity index (χ2n) is 4.29. The number of nitrogens with two attached hydrogens (primary N) is 1. The molecular formula is C13H15N3O3. The van der Waals surface area contributed by atoms with Gasteiger partial charge in [0.05, 0.1) is 17.4 Å². The molecule has 4 N–H and O–H groups in total. The predicted octanol–water partition coefficient (Wildman–Crippen LogP) is 2.44. The summed E-state index contributed by atoms with van der Waals surface area (Å²) in [6.07, 6.45) is 1.62. The smallest absolute Gasteiger partial charge is 0.337 e. The molecule has 0 aliphatic carbocycles. The molecule has 0 fully saturated rings. The Morgan fingerprint density at radius 2 is 2.26 bits per heavy atom. The summed E-state index contributed by atoms with van der Waals surface area (Å²) >= 11 is 0. The van der Waals surface area contributed by atoms with Gasteiger partial charge in [0.25, 0.3) is 0 Å². The van der Waals surface area contributed by atoms with E-state index in [0.717, 1.165) is 0 Å². The number of nitrogen functional groups attached to an aromatic ring is 1. The molecule has 2 rings (SSSR count). The minimum absolute atomic E-state index is 0.157. The zero-order valence-corrected chi connectivity index (χ0v) is 10.7. The summed E-state index contributed by atoms with van der Waals surface area (Å²) in [6.45, 7) is 3.63. The van der Waals surface area contributed by atoms with Crippen molar-refractivity contribution in [2.24, 2.45) is 0 Å². The van der Waals surface area contributed by atoms with E-state index in [0.29, 0.717) is 23.0 Å². The van der Waals surface area contributed by atoms with Gasteiger partial charge in [0, 0.05) is 5.69 Å². The number of benzene rings is 1. The normalized spacial score (nSPS) is 12.1. The Kier molecular flexibility index (Phi) is 3.41. The number of aromatic carboxylic acids is 1. The first-order valence-corrected chi connectivity index (χ1v) is 5.79. The van der Waals surface area contributed by atoms with Crippen LogP contribution in [0.4, 0.5) is 11.4 Å². The highest BCUT2D eigenvalue weighted by atomic mass is 16.4. The van der Waals surface area contributed by atoms with Crippen molar-refractivity contribution < 1.29 is 14.3 Å². The van der Waals surface area contributed by atoms with E-state index in [1.54, 1.807) is 25.3 Å². The number of nitrogens with one attached hydrogen (secondary N) is 1. The summed E-state index contributed by atoms with van der Waals surface area (Å²) in [5.74, 6) is 0.184. The number of aromatic nitrogens is 1. The van der Waals surface area contributed by atoms with Crippen LogP contribution in [0.1, 0.15) is 35.0 Å². The van der Waals surface area contributed by atoms with Crippen LogP contribution in [0.2, 0.25) is 0 Å². The second-order valence-corrected chi connectivity index (χ2v) is 4.29. The van der Waals surface area contributed by atoms with E-state index in [1.807, 2.05) is 6.92 Å². The molecule has 0 aliphatic heterocycles. The second kappa shape index (κ2) is 5.01. The zero-order chi connectivity index (χ0) is 14.0. The number of nitrogens with zero attached hydrogens (tertiary/aromatic N) is 1. The summed E-state index contributed by atoms with van der Waals surface area (Å²) in [5, 5.41) is 12.2. The van der Waals surface area contributed by atoms with Gasteiger partial charge in [0.2, 0.25) is 5.89 Å². The van der Waals surface area contributed by atoms with Crippen molar-refractivity contribution in [1.82, 2.24) is 4.98 Å². The third-order valence-electron chi connectivity index (χ3n) is 2.66. The third-order valence-corrected chi connectivity index (χ3v) is 2.66. The van der Waals surface area contributed by atoms with Gasteiger partial charge in [-0.3, -0.25) is 0 Å². The molecule has 0 amide bonds. The molecule has 1 aromatic carbocycles. The Balaban J connectivity index is 2.27. The van der Waals surface area contributed by atoms with Gasteiger partial charge in [-0.25, -0.2) is 9.78 Å². The Morgan fingerprint density at radius 1 is 1.53 bits per heavy atom. The highest BCUT2D eigenvalue weighted by Crippen LogP contribution is 2.24. The lowest BCUT2D eigenvalue weighted by molar-refractivity contribution is 0.0698. The first kappa shape index (κ1) is 12.9. The molecule has 0 saturated heterocycles. The van der Waals surface area contributed by atoms with Gasteiger partial charge < -0.3 is 20.6 Å². The van der Waals surface area contributed by atoms with Crippen molar-refractivity contribution >= 4 is 17.3 Å². The molecule has 1 aromatic heterocycles. The van der Waals surface area contributed by atoms with Crippen molar-refractivity contribution in [2.45, 2.75) is 19.9 Å². The SMILES string of the molecule is Cc1cnc(C(C)Nc2cc(N)ccc2C(=O)O)o1. The quantitative estimate of drug-likeness (QED) is 0.731. The van der Waals surface area contributed by atoms with Gasteiger partial charge in [0.15, 0.2) is 0 Å². The molecule has 100 valence electrons. The van der Waals surface area contributed by atoms with Gasteiger partial charge in [-0.15, -0.1) is 0 Å². The lowest BCUT2D eigenvalue weighted by Gasteiger charge is -2.14. The van der Waals surface area contributed by atoms with Crippen LogP contribution in [0.3, 0.4) is 0 Å². The largest absolute Gasteiger partial charge is 0.478 e. The fraction of sp³-hybridized carbons (Fsp3) is 0.231. The molecule has 1 unspecified atom stereocenters. The molecule has 6 nitrogen and oxygen atoms in total. The molecule has 6 heteroatoms. The zero-order valence-electron chi connectivity index (χ0n) is 10.7. The number of carboxylic acid groups (broad SMARTS) is 1. The number of rotatable bonds is 4. The first-order chi connectivity index (χ1) is 8.97. The van der Waals surface area contributed by atoms with Gasteiger partial charge in [-0.1, -0.05) is 0 Å². The van der Waals surface area contributed by atoms with Crippen LogP contribution in [0.25, 0.3) is 0 Å². The molecule has 19 heavy (non-hydrogen) atoms. The Morgan fingerprint density at radius 3 is 2.84 bits per heavy atom. The van der Waals surface area contributed by atoms with Crippen LogP contribution >= 0.6 is 0 Å². The number of anilines is 2. The minimum atomic E-state index is -1.02. The van der Waals surface area contributed by atoms with Gasteiger partial charge in [0.1, 0.15) is 11.8 Å². The Bertz CT molecular complexity index is 607. The topological polar surface area (TPSA) is 101 Å². The maximum absolute atomic E-state index is 11.1. The predicted molar refractivity (Wildman–Crippen MR) is 71.1 cm³/mol. The summed E-state index contributed by atoms with van der Waals surface area (Å²) < 4.78 is 5.40. The maximum Gasteiger partial charge on any atom is 0.337 e. The van der Waals surface area contributed by atoms with E-state index in [2.05, 4.69) is 10.3 Å². The van der Waals surface area contributed by atoms with Crippen molar-refractivity contribution in [1.29, 1.82) is 0 Å². The monoisotopic (exact) mass is 261 g/mol. The number of hydrogen-bond acceptors (Lipinski definition) is 5. The van der Waals surface area contributed by atoms with Crippen LogP contribution in [0.15, 0.2) is 28.8 Å². The van der Waals surface area contributed by atoms with E-state index in [1.165, 1.54) is 6.07 Å². The molecule has 1 heterocycles. The van der Waals surface area contributed by atoms with Crippen molar-refractivity contribution in [3.63, 3.8) is 0 Å². The van der Waals surface area contributed by atoms with Crippen molar-refractivity contribution in [3.05, 3.63) is 41.6 Å². The summed E-state index contributed by atoms with van der Waals surface area (Å²) in [4.78, 5) is 15.2. The summed E-state index contributed by atoms with van der Waals surface area (Å²) in [5.41, 5.74) is 6.76. The molecule has 0 bridgehead atoms. The van der Waals surface area contributed by atoms with E-state index < -0.39 is 5.97 Å². The fourth-order valence-electron chi connectivity index (χ4n) is 1.74. The summed E-state index contributed by atoms with van der Waals surface area (Å²) in [6, 6.07) is 4.34. The molecular weight excluding hydrogens is 246 g/mol. The van der Waals surface area contributed by atoms with E-state index in [-0.39, 0.29) is 11.6 Å². The molecule has 1 atom stereocenters. The third kappa shape index (κ3) is 2.85. The Labute approximate surface area is 110 Å². The lowest BCUT2D eigenvalue weighted by atomic mass is 10.1. The number of carbonyl (C=O) groups is 1. The number of aryl methyl sites for hydroxylation is 1. The van der Waals surface area contributed by atoms with Gasteiger partial charge in [-0.2, -0.15) is 0 Å². The standard InChI is InChI=1S/C13H15N3O3/c1-7-6-15-12(19-7)8(2)16-11-5-9(14)3-4-10(11)13(17)18/h3-6,8,16H,14H2,1-2H3,(H,17,18).